The Morgan fingerprint density at radius 1 is 1.12 bits per heavy atom. The van der Waals surface area contributed by atoms with Crippen LogP contribution in [0.5, 0.6) is 0 Å². The molecular formula is C19H13ClFIN3+. The van der Waals surface area contributed by atoms with Gasteiger partial charge >= 0.3 is 0 Å². The minimum atomic E-state index is -0.463. The number of rotatable bonds is 3. The first-order valence-electron chi connectivity index (χ1n) is 7.68. The Kier molecular flexibility index (Phi) is 4.43. The first-order valence-corrected chi connectivity index (χ1v) is 9.13. The monoisotopic (exact) mass is 464 g/mol. The van der Waals surface area contributed by atoms with Crippen LogP contribution < -0.4 is 4.57 Å². The van der Waals surface area contributed by atoms with E-state index in [0.717, 1.165) is 17.6 Å². The van der Waals surface area contributed by atoms with Gasteiger partial charge in [-0.1, -0.05) is 29.8 Å². The van der Waals surface area contributed by atoms with Gasteiger partial charge in [0.2, 0.25) is 0 Å². The molecule has 0 bridgehead atoms. The highest BCUT2D eigenvalue weighted by Gasteiger charge is 2.14. The Morgan fingerprint density at radius 3 is 2.72 bits per heavy atom. The molecule has 2 aromatic carbocycles. The van der Waals surface area contributed by atoms with Gasteiger partial charge in [-0.15, -0.1) is 0 Å². The summed E-state index contributed by atoms with van der Waals surface area (Å²) in [5, 5.41) is 0.0896. The normalized spacial score (nSPS) is 11.2. The number of hydrogen-bond donors (Lipinski definition) is 1. The van der Waals surface area contributed by atoms with Crippen molar-refractivity contribution < 1.29 is 8.96 Å². The third-order valence-corrected chi connectivity index (χ3v) is 4.98. The number of nitrogens with zero attached hydrogens (tertiary/aromatic N) is 2. The molecule has 0 saturated heterocycles. The lowest BCUT2D eigenvalue weighted by atomic mass is 10.2. The summed E-state index contributed by atoms with van der Waals surface area (Å²) in [7, 11) is 0. The molecule has 2 heterocycles. The molecule has 124 valence electrons. The lowest BCUT2D eigenvalue weighted by Gasteiger charge is -2.00. The fraction of sp³-hybridized carbons (Fsp3) is 0.0526. The van der Waals surface area contributed by atoms with Gasteiger partial charge in [-0.05, 0) is 46.9 Å². The summed E-state index contributed by atoms with van der Waals surface area (Å²) >= 11 is 8.16. The van der Waals surface area contributed by atoms with E-state index in [4.69, 9.17) is 11.6 Å². The second-order valence-corrected chi connectivity index (χ2v) is 7.38. The molecule has 4 aromatic rings. The zero-order chi connectivity index (χ0) is 17.4. The fourth-order valence-electron chi connectivity index (χ4n) is 2.71. The summed E-state index contributed by atoms with van der Waals surface area (Å²) in [5.41, 5.74) is 3.22. The average Bonchev–Trinajstić information content (AvgIpc) is 3.02. The van der Waals surface area contributed by atoms with E-state index in [9.17, 15) is 4.39 Å². The highest BCUT2D eigenvalue weighted by atomic mass is 127. The number of benzene rings is 2. The van der Waals surface area contributed by atoms with E-state index in [0.29, 0.717) is 11.4 Å². The lowest BCUT2D eigenvalue weighted by molar-refractivity contribution is -0.687. The van der Waals surface area contributed by atoms with Gasteiger partial charge in [-0.2, -0.15) is 4.57 Å². The molecule has 2 aromatic heterocycles. The Balaban J connectivity index is 1.69. The van der Waals surface area contributed by atoms with Crippen molar-refractivity contribution in [2.45, 2.75) is 6.54 Å². The van der Waals surface area contributed by atoms with Crippen LogP contribution in [-0.4, -0.2) is 9.97 Å². The molecule has 0 aliphatic rings. The molecule has 0 radical (unpaired) electrons. The molecule has 4 rings (SSSR count). The number of aromatic amines is 1. The predicted molar refractivity (Wildman–Crippen MR) is 105 cm³/mol. The maximum Gasteiger partial charge on any atom is 0.195 e. The quantitative estimate of drug-likeness (QED) is 0.337. The summed E-state index contributed by atoms with van der Waals surface area (Å²) in [6, 6.07) is 15.2. The van der Waals surface area contributed by atoms with Crippen molar-refractivity contribution in [3.63, 3.8) is 0 Å². The first-order chi connectivity index (χ1) is 12.1. The van der Waals surface area contributed by atoms with E-state index in [1.807, 2.05) is 18.5 Å². The van der Waals surface area contributed by atoms with E-state index in [1.54, 1.807) is 12.1 Å². The first kappa shape index (κ1) is 16.5. The number of halogens is 3. The van der Waals surface area contributed by atoms with Crippen LogP contribution in [0.4, 0.5) is 4.39 Å². The zero-order valence-corrected chi connectivity index (χ0v) is 15.9. The Labute approximate surface area is 162 Å². The molecule has 25 heavy (non-hydrogen) atoms. The van der Waals surface area contributed by atoms with Crippen LogP contribution in [0.25, 0.3) is 22.4 Å². The molecule has 0 amide bonds. The SMILES string of the molecule is Fc1c(Cl)cccc1-c1nc2cc[n+](Cc3ccc(I)cc3)cc2[nH]1. The van der Waals surface area contributed by atoms with Gasteiger partial charge in [0.05, 0.1) is 10.6 Å². The zero-order valence-electron chi connectivity index (χ0n) is 13.0. The van der Waals surface area contributed by atoms with Crippen LogP contribution in [0.2, 0.25) is 5.02 Å². The number of hydrogen-bond acceptors (Lipinski definition) is 1. The average molecular weight is 465 g/mol. The van der Waals surface area contributed by atoms with Gasteiger partial charge in [0.1, 0.15) is 16.9 Å². The molecule has 0 fully saturated rings. The largest absolute Gasteiger partial charge is 0.333 e. The lowest BCUT2D eigenvalue weighted by Crippen LogP contribution is -2.33. The Bertz CT molecular complexity index is 1060. The molecular weight excluding hydrogens is 452 g/mol. The molecule has 6 heteroatoms. The molecule has 0 aliphatic carbocycles. The third kappa shape index (κ3) is 3.39. The number of pyridine rings is 1. The summed E-state index contributed by atoms with van der Waals surface area (Å²) < 4.78 is 17.5. The van der Waals surface area contributed by atoms with Crippen molar-refractivity contribution in [2.24, 2.45) is 0 Å². The highest BCUT2D eigenvalue weighted by molar-refractivity contribution is 14.1. The molecule has 0 spiro atoms. The summed E-state index contributed by atoms with van der Waals surface area (Å²) in [6.45, 7) is 0.757. The fourth-order valence-corrected chi connectivity index (χ4v) is 3.25. The summed E-state index contributed by atoms with van der Waals surface area (Å²) in [4.78, 5) is 7.66. The molecule has 0 atom stereocenters. The van der Waals surface area contributed by atoms with Crippen molar-refractivity contribution in [2.75, 3.05) is 0 Å². The maximum absolute atomic E-state index is 14.2. The van der Waals surface area contributed by atoms with E-state index in [-0.39, 0.29) is 5.02 Å². The molecule has 0 unspecified atom stereocenters. The Hall–Kier alpha value is -1.99. The minimum absolute atomic E-state index is 0.0896. The second kappa shape index (κ2) is 6.72. The summed E-state index contributed by atoms with van der Waals surface area (Å²) in [6.07, 6.45) is 3.95. The van der Waals surface area contributed by atoms with E-state index >= 15 is 0 Å². The van der Waals surface area contributed by atoms with Crippen LogP contribution >= 0.6 is 34.2 Å². The smallest absolute Gasteiger partial charge is 0.195 e. The summed E-state index contributed by atoms with van der Waals surface area (Å²) in [5.74, 6) is 0.0111. The number of imidazole rings is 1. The minimum Gasteiger partial charge on any atom is -0.333 e. The highest BCUT2D eigenvalue weighted by Crippen LogP contribution is 2.26. The van der Waals surface area contributed by atoms with E-state index in [1.165, 1.54) is 15.2 Å². The topological polar surface area (TPSA) is 32.6 Å². The molecule has 0 saturated carbocycles. The van der Waals surface area contributed by atoms with Gasteiger partial charge in [-0.25, -0.2) is 9.37 Å². The number of nitrogens with one attached hydrogen (secondary N) is 1. The molecule has 3 nitrogen and oxygen atoms in total. The van der Waals surface area contributed by atoms with Gasteiger partial charge in [-0.3, -0.25) is 0 Å². The maximum atomic E-state index is 14.2. The standard InChI is InChI=1S/C19H12ClFIN3/c20-15-3-1-2-14(18(15)21)19-23-16-8-9-25(11-17(16)24-19)10-12-4-6-13(22)7-5-12/h1-9,11H,10H2/p+1. The van der Waals surface area contributed by atoms with E-state index < -0.39 is 5.82 Å². The van der Waals surface area contributed by atoms with Crippen molar-refractivity contribution in [1.29, 1.82) is 0 Å². The Morgan fingerprint density at radius 2 is 1.92 bits per heavy atom. The van der Waals surface area contributed by atoms with Gasteiger partial charge in [0.15, 0.2) is 24.8 Å². The van der Waals surface area contributed by atoms with Crippen molar-refractivity contribution in [3.05, 3.63) is 80.9 Å². The van der Waals surface area contributed by atoms with Crippen LogP contribution in [0.3, 0.4) is 0 Å². The number of fused-ring (bicyclic) bond motifs is 1. The van der Waals surface area contributed by atoms with Crippen molar-refractivity contribution in [1.82, 2.24) is 9.97 Å². The van der Waals surface area contributed by atoms with Gasteiger partial charge in [0.25, 0.3) is 0 Å². The van der Waals surface area contributed by atoms with Gasteiger partial charge in [0, 0.05) is 15.2 Å². The second-order valence-electron chi connectivity index (χ2n) is 5.73. The molecule has 0 aliphatic heterocycles. The van der Waals surface area contributed by atoms with Crippen molar-refractivity contribution in [3.8, 4) is 11.4 Å². The van der Waals surface area contributed by atoms with E-state index in [2.05, 4.69) is 61.4 Å². The van der Waals surface area contributed by atoms with Crippen LogP contribution in [0, 0.1) is 9.39 Å². The van der Waals surface area contributed by atoms with Crippen LogP contribution in [0.15, 0.2) is 60.9 Å². The third-order valence-electron chi connectivity index (χ3n) is 3.97. The van der Waals surface area contributed by atoms with Gasteiger partial charge < -0.3 is 4.98 Å². The number of aromatic nitrogens is 3. The molecule has 1 N–H and O–H groups in total. The van der Waals surface area contributed by atoms with Crippen molar-refractivity contribution >= 4 is 45.2 Å². The van der Waals surface area contributed by atoms with Crippen LogP contribution in [-0.2, 0) is 6.54 Å². The predicted octanol–water partition coefficient (Wildman–Crippen LogP) is 4.96. The van der Waals surface area contributed by atoms with Crippen LogP contribution in [0.1, 0.15) is 5.56 Å². The number of H-pyrrole nitrogens is 1.